The number of hydrogen-bond acceptors (Lipinski definition) is 8. The van der Waals surface area contributed by atoms with Crippen LogP contribution in [0, 0.1) is 0 Å². The van der Waals surface area contributed by atoms with Crippen LogP contribution in [0.1, 0.15) is 22.2 Å². The number of fused-ring (bicyclic) bond motifs is 2. The van der Waals surface area contributed by atoms with E-state index < -0.39 is 23.5 Å². The van der Waals surface area contributed by atoms with Crippen LogP contribution in [0.3, 0.4) is 0 Å². The number of carbonyl (C=O) groups is 2. The van der Waals surface area contributed by atoms with Crippen molar-refractivity contribution in [3.05, 3.63) is 93.4 Å². The smallest absolute Gasteiger partial charge is 0.296 e. The molecule has 8 nitrogen and oxygen atoms in total. The number of anilines is 1. The van der Waals surface area contributed by atoms with Crippen molar-refractivity contribution < 1.29 is 28.6 Å². The van der Waals surface area contributed by atoms with Gasteiger partial charge in [0.1, 0.15) is 5.75 Å². The van der Waals surface area contributed by atoms with Crippen LogP contribution in [0.15, 0.2) is 76.4 Å². The molecule has 0 fully saturated rings. The van der Waals surface area contributed by atoms with Crippen molar-refractivity contribution in [2.75, 3.05) is 19.1 Å². The van der Waals surface area contributed by atoms with E-state index in [2.05, 4.69) is 4.98 Å². The highest BCUT2D eigenvalue weighted by molar-refractivity contribution is 7.22. The van der Waals surface area contributed by atoms with E-state index in [1.807, 2.05) is 0 Å². The van der Waals surface area contributed by atoms with Gasteiger partial charge in [0.2, 0.25) is 5.78 Å². The number of Topliss-reactive ketones (excluding diaryl/α,β-unsaturated/α-hetero) is 1. The normalized spacial score (nSPS) is 15.5. The number of ketones is 1. The number of rotatable bonds is 6. The molecule has 11 heteroatoms. The Morgan fingerprint density at radius 1 is 1.05 bits per heavy atom. The molecule has 3 heterocycles. The SMILES string of the molecule is COc1ccc2nc(N3C(=O)C(O)=C(C(=O)c4cc5cccc(OC)c5o4)C3c3ccc(Cl)c(Cl)c3)sc2c1. The van der Waals surface area contributed by atoms with Gasteiger partial charge in [0.05, 0.1) is 46.1 Å². The van der Waals surface area contributed by atoms with Gasteiger partial charge in [-0.2, -0.15) is 0 Å². The number of methoxy groups -OCH3 is 2. The second-order valence-corrected chi connectivity index (χ2v) is 10.5. The Morgan fingerprint density at radius 3 is 2.62 bits per heavy atom. The number of nitrogens with zero attached hydrogens (tertiary/aromatic N) is 2. The summed E-state index contributed by atoms with van der Waals surface area (Å²) in [6.45, 7) is 0. The molecule has 0 saturated carbocycles. The molecule has 1 N–H and O–H groups in total. The minimum absolute atomic E-state index is 0.0650. The molecule has 39 heavy (non-hydrogen) atoms. The molecule has 1 aliphatic rings. The Kier molecular flexibility index (Phi) is 6.22. The van der Waals surface area contributed by atoms with Crippen LogP contribution < -0.4 is 14.4 Å². The van der Waals surface area contributed by atoms with E-state index in [0.717, 1.165) is 4.70 Å². The first-order valence-electron chi connectivity index (χ1n) is 11.6. The largest absolute Gasteiger partial charge is 0.503 e. The van der Waals surface area contributed by atoms with Crippen molar-refractivity contribution in [1.29, 1.82) is 0 Å². The van der Waals surface area contributed by atoms with Gasteiger partial charge >= 0.3 is 0 Å². The summed E-state index contributed by atoms with van der Waals surface area (Å²) in [7, 11) is 3.05. The van der Waals surface area contributed by atoms with Crippen LogP contribution in [-0.4, -0.2) is 36.0 Å². The molecule has 1 aliphatic heterocycles. The minimum atomic E-state index is -1.06. The van der Waals surface area contributed by atoms with Crippen LogP contribution in [0.2, 0.25) is 10.0 Å². The number of carbonyl (C=O) groups excluding carboxylic acids is 2. The van der Waals surface area contributed by atoms with Crippen molar-refractivity contribution >= 4 is 72.5 Å². The van der Waals surface area contributed by atoms with Crippen LogP contribution in [0.25, 0.3) is 21.2 Å². The predicted octanol–water partition coefficient (Wildman–Crippen LogP) is 7.15. The van der Waals surface area contributed by atoms with Gasteiger partial charge in [0.25, 0.3) is 5.91 Å². The number of aliphatic hydroxyl groups excluding tert-OH is 1. The van der Waals surface area contributed by atoms with E-state index in [4.69, 9.17) is 37.1 Å². The fraction of sp³-hybridized carbons (Fsp3) is 0.107. The van der Waals surface area contributed by atoms with E-state index in [0.29, 0.717) is 38.6 Å². The van der Waals surface area contributed by atoms with Gasteiger partial charge in [-0.1, -0.05) is 52.7 Å². The first-order chi connectivity index (χ1) is 18.8. The van der Waals surface area contributed by atoms with Crippen LogP contribution >= 0.6 is 34.5 Å². The topological polar surface area (TPSA) is 102 Å². The van der Waals surface area contributed by atoms with Crippen molar-refractivity contribution in [3.8, 4) is 11.5 Å². The molecule has 1 atom stereocenters. The maximum Gasteiger partial charge on any atom is 0.296 e. The van der Waals surface area contributed by atoms with E-state index in [1.165, 1.54) is 23.3 Å². The van der Waals surface area contributed by atoms with Gasteiger partial charge in [0.15, 0.2) is 28.0 Å². The predicted molar refractivity (Wildman–Crippen MR) is 150 cm³/mol. The quantitative estimate of drug-likeness (QED) is 0.213. The first kappa shape index (κ1) is 25.2. The van der Waals surface area contributed by atoms with Crippen molar-refractivity contribution in [2.45, 2.75) is 6.04 Å². The first-order valence-corrected chi connectivity index (χ1v) is 13.2. The maximum absolute atomic E-state index is 13.9. The molecule has 0 radical (unpaired) electrons. The van der Waals surface area contributed by atoms with Gasteiger partial charge in [-0.05, 0) is 48.0 Å². The van der Waals surface area contributed by atoms with E-state index >= 15 is 0 Å². The zero-order chi connectivity index (χ0) is 27.4. The Hall–Kier alpha value is -4.05. The molecule has 6 rings (SSSR count). The highest BCUT2D eigenvalue weighted by Gasteiger charge is 2.46. The lowest BCUT2D eigenvalue weighted by Crippen LogP contribution is -2.31. The molecule has 5 aromatic rings. The number of benzene rings is 3. The van der Waals surface area contributed by atoms with Crippen LogP contribution in [0.5, 0.6) is 11.5 Å². The average Bonchev–Trinajstić information content (AvgIpc) is 3.63. The van der Waals surface area contributed by atoms with E-state index in [1.54, 1.807) is 67.8 Å². The number of para-hydroxylation sites is 1. The number of thiazole rings is 1. The van der Waals surface area contributed by atoms with Crippen molar-refractivity contribution in [3.63, 3.8) is 0 Å². The summed E-state index contributed by atoms with van der Waals surface area (Å²) < 4.78 is 17.3. The zero-order valence-corrected chi connectivity index (χ0v) is 22.7. The lowest BCUT2D eigenvalue weighted by Gasteiger charge is -2.24. The second kappa shape index (κ2) is 9.60. The molecule has 3 aromatic carbocycles. The molecule has 0 spiro atoms. The molecule has 2 aromatic heterocycles. The maximum atomic E-state index is 13.9. The summed E-state index contributed by atoms with van der Waals surface area (Å²) in [5.74, 6) is -1.15. The Labute approximate surface area is 235 Å². The number of aliphatic hydroxyl groups is 1. The highest BCUT2D eigenvalue weighted by atomic mass is 35.5. The fourth-order valence-corrected chi connectivity index (χ4v) is 5.92. The summed E-state index contributed by atoms with van der Waals surface area (Å²) in [6.07, 6.45) is 0. The molecular weight excluding hydrogens is 563 g/mol. The Morgan fingerprint density at radius 2 is 1.87 bits per heavy atom. The summed E-state index contributed by atoms with van der Waals surface area (Å²) in [5, 5.41) is 12.5. The van der Waals surface area contributed by atoms with E-state index in [-0.39, 0.29) is 21.5 Å². The van der Waals surface area contributed by atoms with Crippen molar-refractivity contribution in [1.82, 2.24) is 4.98 Å². The summed E-state index contributed by atoms with van der Waals surface area (Å²) in [5.41, 5.74) is 1.28. The van der Waals surface area contributed by atoms with Gasteiger partial charge in [-0.25, -0.2) is 4.98 Å². The average molecular weight is 581 g/mol. The van der Waals surface area contributed by atoms with Gasteiger partial charge in [-0.3, -0.25) is 14.5 Å². The van der Waals surface area contributed by atoms with Gasteiger partial charge in [0, 0.05) is 5.39 Å². The molecule has 1 unspecified atom stereocenters. The minimum Gasteiger partial charge on any atom is -0.503 e. The summed E-state index contributed by atoms with van der Waals surface area (Å²) in [4.78, 5) is 33.4. The lowest BCUT2D eigenvalue weighted by atomic mass is 9.95. The van der Waals surface area contributed by atoms with E-state index in [9.17, 15) is 14.7 Å². The third kappa shape index (κ3) is 4.10. The number of hydrogen-bond donors (Lipinski definition) is 1. The third-order valence-corrected chi connectivity index (χ3v) is 8.21. The Balaban J connectivity index is 1.51. The number of halogens is 2. The van der Waals surface area contributed by atoms with Gasteiger partial charge in [-0.15, -0.1) is 0 Å². The third-order valence-electron chi connectivity index (χ3n) is 6.45. The molecule has 0 saturated heterocycles. The summed E-state index contributed by atoms with van der Waals surface area (Å²) >= 11 is 13.7. The molecular formula is C28H18Cl2N2O6S. The molecule has 0 bridgehead atoms. The lowest BCUT2D eigenvalue weighted by molar-refractivity contribution is -0.117. The molecule has 196 valence electrons. The van der Waals surface area contributed by atoms with Crippen LogP contribution in [-0.2, 0) is 4.79 Å². The second-order valence-electron chi connectivity index (χ2n) is 8.66. The van der Waals surface area contributed by atoms with Crippen molar-refractivity contribution in [2.24, 2.45) is 0 Å². The fourth-order valence-electron chi connectivity index (χ4n) is 4.60. The number of aromatic nitrogens is 1. The molecule has 1 amide bonds. The van der Waals surface area contributed by atoms with Crippen LogP contribution in [0.4, 0.5) is 5.13 Å². The number of amides is 1. The number of ether oxygens (including phenoxy) is 2. The monoisotopic (exact) mass is 580 g/mol. The Bertz CT molecular complexity index is 1840. The summed E-state index contributed by atoms with van der Waals surface area (Å²) in [6, 6.07) is 15.8. The van der Waals surface area contributed by atoms with Gasteiger partial charge < -0.3 is 19.0 Å². The standard InChI is InChI=1S/C28H18Cl2N2O6S/c1-36-15-7-9-18-21(12-15)39-28(31-18)32-23(13-6-8-16(29)17(30)10-13)22(25(34)27(32)35)24(33)20-11-14-4-3-5-19(37-2)26(14)38-20/h3-12,23,34H,1-2H3. The number of furan rings is 1. The molecule has 0 aliphatic carbocycles. The zero-order valence-electron chi connectivity index (χ0n) is 20.4. The highest BCUT2D eigenvalue weighted by Crippen LogP contribution is 2.46.